The molecule has 1 heterocycles. The van der Waals surface area contributed by atoms with Crippen LogP contribution in [0, 0.1) is 0 Å². The van der Waals surface area contributed by atoms with Gasteiger partial charge in [0.25, 0.3) is 5.91 Å². The Hall–Kier alpha value is -3.21. The molecule has 2 aliphatic carbocycles. The standard InChI is InChI=1S/C25H25N3O2/c26-24(29)19-3-1-2-18(12-19)16-4-6-17(7-5-16)25(30)28(22-10-11-22)23-9-8-20-14-27-15-21(20)13-23/h1-7,12,15,22-23H,8-11,13-14H2,(H2,26,29). The summed E-state index contributed by atoms with van der Waals surface area (Å²) in [6, 6.07) is 15.6. The van der Waals surface area contributed by atoms with Gasteiger partial charge < -0.3 is 10.6 Å². The molecule has 0 radical (unpaired) electrons. The quantitative estimate of drug-likeness (QED) is 0.825. The minimum absolute atomic E-state index is 0.124. The van der Waals surface area contributed by atoms with Gasteiger partial charge in [-0.2, -0.15) is 0 Å². The second-order valence-electron chi connectivity index (χ2n) is 8.46. The molecule has 2 aromatic rings. The molecular weight excluding hydrogens is 374 g/mol. The maximum Gasteiger partial charge on any atom is 0.254 e. The van der Waals surface area contributed by atoms with E-state index < -0.39 is 5.91 Å². The van der Waals surface area contributed by atoms with Crippen LogP contribution in [-0.4, -0.2) is 41.6 Å². The van der Waals surface area contributed by atoms with Gasteiger partial charge in [-0.3, -0.25) is 14.6 Å². The molecule has 1 aliphatic heterocycles. The van der Waals surface area contributed by atoms with Crippen molar-refractivity contribution in [2.75, 3.05) is 6.54 Å². The first-order valence-electron chi connectivity index (χ1n) is 10.6. The smallest absolute Gasteiger partial charge is 0.254 e. The molecule has 0 saturated heterocycles. The third-order valence-electron chi connectivity index (χ3n) is 6.40. The minimum Gasteiger partial charge on any atom is -0.366 e. The average molecular weight is 399 g/mol. The molecule has 0 bridgehead atoms. The van der Waals surface area contributed by atoms with Gasteiger partial charge in [0, 0.05) is 29.4 Å². The number of rotatable bonds is 5. The second kappa shape index (κ2) is 7.56. The molecule has 2 amide bonds. The Morgan fingerprint density at radius 3 is 2.47 bits per heavy atom. The number of nitrogens with zero attached hydrogens (tertiary/aromatic N) is 2. The lowest BCUT2D eigenvalue weighted by atomic mass is 9.88. The first-order chi connectivity index (χ1) is 14.6. The Balaban J connectivity index is 1.37. The predicted molar refractivity (Wildman–Crippen MR) is 118 cm³/mol. The van der Waals surface area contributed by atoms with Crippen molar-refractivity contribution in [3.8, 4) is 11.1 Å². The SMILES string of the molecule is NC(=O)c1cccc(-c2ccc(C(=O)N(C3CC3)C3CCC4=C(C=NC4)C3)cc2)c1. The lowest BCUT2D eigenvalue weighted by molar-refractivity contribution is 0.0645. The molecular formula is C25H25N3O2. The molecule has 1 saturated carbocycles. The number of primary amides is 1. The van der Waals surface area contributed by atoms with Crippen molar-refractivity contribution in [1.82, 2.24) is 4.90 Å². The van der Waals surface area contributed by atoms with Gasteiger partial charge in [-0.1, -0.05) is 24.3 Å². The Morgan fingerprint density at radius 2 is 1.73 bits per heavy atom. The van der Waals surface area contributed by atoms with Gasteiger partial charge in [0.1, 0.15) is 0 Å². The van der Waals surface area contributed by atoms with Crippen molar-refractivity contribution in [1.29, 1.82) is 0 Å². The summed E-state index contributed by atoms with van der Waals surface area (Å²) in [4.78, 5) is 31.4. The molecule has 1 unspecified atom stereocenters. The lowest BCUT2D eigenvalue weighted by Crippen LogP contribution is -2.43. The molecule has 30 heavy (non-hydrogen) atoms. The van der Waals surface area contributed by atoms with Crippen molar-refractivity contribution >= 4 is 18.0 Å². The molecule has 152 valence electrons. The number of carbonyl (C=O) groups excluding carboxylic acids is 2. The van der Waals surface area contributed by atoms with Crippen LogP contribution in [0.5, 0.6) is 0 Å². The fourth-order valence-electron chi connectivity index (χ4n) is 4.62. The average Bonchev–Trinajstić information content (AvgIpc) is 3.49. The zero-order chi connectivity index (χ0) is 20.7. The molecule has 5 heteroatoms. The first kappa shape index (κ1) is 18.8. The number of aliphatic imine (C=N–C) groups is 1. The number of hydrogen-bond acceptors (Lipinski definition) is 3. The molecule has 5 nitrogen and oxygen atoms in total. The summed E-state index contributed by atoms with van der Waals surface area (Å²) in [5.41, 5.74) is 11.3. The van der Waals surface area contributed by atoms with Crippen molar-refractivity contribution in [3.05, 3.63) is 70.8 Å². The number of nitrogens with two attached hydrogens (primary N) is 1. The fourth-order valence-corrected chi connectivity index (χ4v) is 4.62. The highest BCUT2D eigenvalue weighted by Crippen LogP contribution is 2.37. The molecule has 5 rings (SSSR count). The van der Waals surface area contributed by atoms with Crippen molar-refractivity contribution in [2.45, 2.75) is 44.2 Å². The van der Waals surface area contributed by atoms with Crippen LogP contribution in [-0.2, 0) is 0 Å². The number of hydrogen-bond donors (Lipinski definition) is 1. The van der Waals surface area contributed by atoms with E-state index in [0.717, 1.165) is 55.3 Å². The van der Waals surface area contributed by atoms with E-state index >= 15 is 0 Å². The third-order valence-corrected chi connectivity index (χ3v) is 6.40. The van der Waals surface area contributed by atoms with Crippen molar-refractivity contribution in [3.63, 3.8) is 0 Å². The van der Waals surface area contributed by atoms with E-state index in [-0.39, 0.29) is 11.9 Å². The molecule has 2 N–H and O–H groups in total. The number of amides is 2. The monoisotopic (exact) mass is 399 g/mol. The van der Waals surface area contributed by atoms with Crippen LogP contribution in [0.4, 0.5) is 0 Å². The summed E-state index contributed by atoms with van der Waals surface area (Å²) >= 11 is 0. The summed E-state index contributed by atoms with van der Waals surface area (Å²) < 4.78 is 0. The maximum absolute atomic E-state index is 13.4. The zero-order valence-corrected chi connectivity index (χ0v) is 16.9. The van der Waals surface area contributed by atoms with Crippen molar-refractivity contribution < 1.29 is 9.59 Å². The molecule has 3 aliphatic rings. The van der Waals surface area contributed by atoms with E-state index in [1.54, 1.807) is 12.1 Å². The Labute approximate surface area is 176 Å². The van der Waals surface area contributed by atoms with Crippen molar-refractivity contribution in [2.24, 2.45) is 10.7 Å². The molecule has 1 fully saturated rings. The van der Waals surface area contributed by atoms with Gasteiger partial charge in [-0.25, -0.2) is 0 Å². The summed E-state index contributed by atoms with van der Waals surface area (Å²) in [5, 5.41) is 0. The molecule has 0 spiro atoms. The van der Waals surface area contributed by atoms with E-state index in [2.05, 4.69) is 9.89 Å². The Kier molecular flexibility index (Phi) is 4.74. The van der Waals surface area contributed by atoms with Gasteiger partial charge >= 0.3 is 0 Å². The first-order valence-corrected chi connectivity index (χ1v) is 10.6. The highest BCUT2D eigenvalue weighted by atomic mass is 16.2. The van der Waals surface area contributed by atoms with Gasteiger partial charge in [0.05, 0.1) is 6.54 Å². The van der Waals surface area contributed by atoms with Gasteiger partial charge in [0.15, 0.2) is 0 Å². The summed E-state index contributed by atoms with van der Waals surface area (Å²) in [5.74, 6) is -0.319. The van der Waals surface area contributed by atoms with E-state index in [1.165, 1.54) is 11.1 Å². The fraction of sp³-hybridized carbons (Fsp3) is 0.320. The topological polar surface area (TPSA) is 75.8 Å². The summed E-state index contributed by atoms with van der Waals surface area (Å²) in [6.45, 7) is 0.845. The summed E-state index contributed by atoms with van der Waals surface area (Å²) in [6.07, 6.45) is 7.21. The van der Waals surface area contributed by atoms with E-state index in [9.17, 15) is 9.59 Å². The highest BCUT2D eigenvalue weighted by Gasteiger charge is 2.39. The van der Waals surface area contributed by atoms with Crippen LogP contribution in [0.15, 0.2) is 64.7 Å². The summed E-state index contributed by atoms with van der Waals surface area (Å²) in [7, 11) is 0. The van der Waals surface area contributed by atoms with Crippen LogP contribution < -0.4 is 5.73 Å². The molecule has 1 atom stereocenters. The molecule has 2 aromatic carbocycles. The van der Waals surface area contributed by atoms with Crippen LogP contribution in [0.1, 0.15) is 52.8 Å². The van der Waals surface area contributed by atoms with Crippen LogP contribution in [0.3, 0.4) is 0 Å². The van der Waals surface area contributed by atoms with Crippen LogP contribution in [0.25, 0.3) is 11.1 Å². The van der Waals surface area contributed by atoms with Gasteiger partial charge in [-0.15, -0.1) is 0 Å². The van der Waals surface area contributed by atoms with E-state index in [1.807, 2.05) is 42.6 Å². The van der Waals surface area contributed by atoms with Crippen LogP contribution >= 0.6 is 0 Å². The third kappa shape index (κ3) is 3.56. The van der Waals surface area contributed by atoms with Gasteiger partial charge in [0.2, 0.25) is 5.91 Å². The van der Waals surface area contributed by atoms with E-state index in [4.69, 9.17) is 5.73 Å². The zero-order valence-electron chi connectivity index (χ0n) is 16.9. The highest BCUT2D eigenvalue weighted by molar-refractivity contribution is 5.96. The Bertz CT molecular complexity index is 1060. The number of carbonyl (C=O) groups is 2. The Morgan fingerprint density at radius 1 is 0.933 bits per heavy atom. The van der Waals surface area contributed by atoms with Gasteiger partial charge in [-0.05, 0) is 78.6 Å². The normalized spacial score (nSPS) is 20.2. The minimum atomic E-state index is -0.443. The lowest BCUT2D eigenvalue weighted by Gasteiger charge is -2.35. The number of benzene rings is 2. The maximum atomic E-state index is 13.4. The largest absolute Gasteiger partial charge is 0.366 e. The van der Waals surface area contributed by atoms with Crippen LogP contribution in [0.2, 0.25) is 0 Å². The van der Waals surface area contributed by atoms with E-state index in [0.29, 0.717) is 11.6 Å². The predicted octanol–water partition coefficient (Wildman–Crippen LogP) is 3.99. The second-order valence-corrected chi connectivity index (χ2v) is 8.46. The molecule has 0 aromatic heterocycles.